The maximum atomic E-state index is 12.7. The molecule has 0 radical (unpaired) electrons. The van der Waals surface area contributed by atoms with Crippen molar-refractivity contribution in [3.63, 3.8) is 0 Å². The van der Waals surface area contributed by atoms with E-state index in [9.17, 15) is 4.79 Å². The molecule has 0 aliphatic rings. The number of aryl methyl sites for hydroxylation is 3. The van der Waals surface area contributed by atoms with Gasteiger partial charge < -0.3 is 14.9 Å². The predicted molar refractivity (Wildman–Crippen MR) is 127 cm³/mol. The fraction of sp³-hybridized carbons (Fsp3) is 0.240. The van der Waals surface area contributed by atoms with Crippen LogP contribution in [0.15, 0.2) is 65.5 Å². The molecule has 0 unspecified atom stereocenters. The van der Waals surface area contributed by atoms with E-state index in [1.165, 1.54) is 0 Å². The predicted octanol–water partition coefficient (Wildman–Crippen LogP) is 3.63. The quantitative estimate of drug-likeness (QED) is 0.390. The summed E-state index contributed by atoms with van der Waals surface area (Å²) < 4.78 is 3.95. The van der Waals surface area contributed by atoms with Crippen LogP contribution in [0.3, 0.4) is 0 Å². The Kier molecular flexibility index (Phi) is 5.33. The van der Waals surface area contributed by atoms with Gasteiger partial charge in [0.05, 0.1) is 22.4 Å². The molecular weight excluding hydrogens is 400 g/mol. The molecule has 32 heavy (non-hydrogen) atoms. The van der Waals surface area contributed by atoms with Crippen LogP contribution in [0, 0.1) is 6.92 Å². The number of rotatable bonds is 7. The normalized spacial score (nSPS) is 11.6. The van der Waals surface area contributed by atoms with Gasteiger partial charge >= 0.3 is 0 Å². The van der Waals surface area contributed by atoms with Crippen molar-refractivity contribution in [2.75, 3.05) is 6.54 Å². The lowest BCUT2D eigenvalue weighted by Crippen LogP contribution is -2.22. The van der Waals surface area contributed by atoms with Crippen LogP contribution in [0.25, 0.3) is 27.8 Å². The Labute approximate surface area is 185 Å². The first-order valence-corrected chi connectivity index (χ1v) is 10.9. The highest BCUT2D eigenvalue weighted by Crippen LogP contribution is 2.20. The van der Waals surface area contributed by atoms with Crippen molar-refractivity contribution >= 4 is 22.1 Å². The molecule has 0 aliphatic carbocycles. The minimum atomic E-state index is -0.0857. The number of aromatic nitrogens is 5. The molecule has 2 aromatic carbocycles. The van der Waals surface area contributed by atoms with E-state index >= 15 is 0 Å². The molecule has 0 atom stereocenters. The van der Waals surface area contributed by atoms with E-state index in [2.05, 4.69) is 33.1 Å². The van der Waals surface area contributed by atoms with Crippen LogP contribution in [0.4, 0.5) is 0 Å². The zero-order valence-corrected chi connectivity index (χ0v) is 18.3. The highest BCUT2D eigenvalue weighted by atomic mass is 16.1. The van der Waals surface area contributed by atoms with Gasteiger partial charge in [-0.15, -0.1) is 0 Å². The molecule has 0 fully saturated rings. The molecule has 7 heteroatoms. The third kappa shape index (κ3) is 3.71. The number of aromatic amines is 1. The molecule has 0 spiro atoms. The number of imidazole rings is 1. The number of nitrogens with zero attached hydrogens (tertiary/aromatic N) is 4. The molecule has 7 nitrogen and oxygen atoms in total. The molecule has 0 saturated heterocycles. The van der Waals surface area contributed by atoms with Crippen molar-refractivity contribution in [1.29, 1.82) is 0 Å². The average Bonchev–Trinajstić information content (AvgIpc) is 3.31. The van der Waals surface area contributed by atoms with E-state index in [1.807, 2.05) is 61.5 Å². The minimum Gasteiger partial charge on any atom is -0.331 e. The number of para-hydroxylation sites is 3. The van der Waals surface area contributed by atoms with E-state index in [0.717, 1.165) is 64.2 Å². The molecule has 3 aromatic heterocycles. The Hall–Kier alpha value is -3.71. The molecule has 5 rings (SSSR count). The van der Waals surface area contributed by atoms with Gasteiger partial charge in [0.25, 0.3) is 5.56 Å². The monoisotopic (exact) mass is 426 g/mol. The number of pyridine rings is 1. The van der Waals surface area contributed by atoms with Gasteiger partial charge in [-0.3, -0.25) is 4.79 Å². The largest absolute Gasteiger partial charge is 0.331 e. The zero-order valence-electron chi connectivity index (χ0n) is 18.3. The molecule has 2 N–H and O–H groups in total. The topological polar surface area (TPSA) is 80.5 Å². The second kappa shape index (κ2) is 8.43. The Balaban J connectivity index is 1.25. The summed E-state index contributed by atoms with van der Waals surface area (Å²) in [5.74, 6) is 1.08. The summed E-state index contributed by atoms with van der Waals surface area (Å²) >= 11 is 0. The van der Waals surface area contributed by atoms with Gasteiger partial charge in [-0.25, -0.2) is 9.67 Å². The van der Waals surface area contributed by atoms with E-state index in [4.69, 9.17) is 4.98 Å². The Bertz CT molecular complexity index is 1440. The fourth-order valence-electron chi connectivity index (χ4n) is 4.16. The summed E-state index contributed by atoms with van der Waals surface area (Å²) in [6, 6.07) is 20.0. The van der Waals surface area contributed by atoms with Gasteiger partial charge in [-0.05, 0) is 50.2 Å². The van der Waals surface area contributed by atoms with Gasteiger partial charge in [-0.1, -0.05) is 30.3 Å². The highest BCUT2D eigenvalue weighted by molar-refractivity contribution is 5.80. The van der Waals surface area contributed by atoms with Crippen LogP contribution >= 0.6 is 0 Å². The molecular formula is C25H26N6O. The second-order valence-corrected chi connectivity index (χ2v) is 8.07. The summed E-state index contributed by atoms with van der Waals surface area (Å²) in [6.07, 6.45) is 1.83. The second-order valence-electron chi connectivity index (χ2n) is 8.07. The molecule has 3 heterocycles. The van der Waals surface area contributed by atoms with Crippen LogP contribution in [-0.2, 0) is 20.0 Å². The number of hydrogen-bond donors (Lipinski definition) is 2. The summed E-state index contributed by atoms with van der Waals surface area (Å²) in [5.41, 5.74) is 5.36. The third-order valence-electron chi connectivity index (χ3n) is 5.90. The van der Waals surface area contributed by atoms with Crippen molar-refractivity contribution in [2.24, 2.45) is 7.05 Å². The first-order valence-electron chi connectivity index (χ1n) is 10.9. The Morgan fingerprint density at radius 1 is 1.06 bits per heavy atom. The molecule has 162 valence electrons. The molecule has 0 aliphatic heterocycles. The summed E-state index contributed by atoms with van der Waals surface area (Å²) in [6.45, 7) is 3.29. The lowest BCUT2D eigenvalue weighted by atomic mass is 10.2. The van der Waals surface area contributed by atoms with E-state index < -0.39 is 0 Å². The van der Waals surface area contributed by atoms with E-state index in [-0.39, 0.29) is 5.56 Å². The standard InChI is InChI=1S/C25H26N6O/c1-17-20-15-18(25(32)28-24(20)31(29-17)19-9-4-3-5-10-19)16-26-14-8-13-23-27-21-11-6-7-12-22(21)30(23)2/h3-7,9-12,15,26H,8,13-14,16H2,1-2H3,(H,28,32). The maximum absolute atomic E-state index is 12.7. The van der Waals surface area contributed by atoms with Crippen LogP contribution in [-0.4, -0.2) is 30.9 Å². The average molecular weight is 427 g/mol. The third-order valence-corrected chi connectivity index (χ3v) is 5.90. The van der Waals surface area contributed by atoms with Gasteiger partial charge in [-0.2, -0.15) is 5.10 Å². The fourth-order valence-corrected chi connectivity index (χ4v) is 4.16. The lowest BCUT2D eigenvalue weighted by molar-refractivity contribution is 0.628. The van der Waals surface area contributed by atoms with Gasteiger partial charge in [0.15, 0.2) is 0 Å². The van der Waals surface area contributed by atoms with E-state index in [0.29, 0.717) is 6.54 Å². The molecule has 0 amide bonds. The number of H-pyrrole nitrogens is 1. The van der Waals surface area contributed by atoms with Crippen LogP contribution < -0.4 is 10.9 Å². The summed E-state index contributed by atoms with van der Waals surface area (Å²) in [7, 11) is 2.06. The summed E-state index contributed by atoms with van der Waals surface area (Å²) in [4.78, 5) is 20.5. The first kappa shape index (κ1) is 20.2. The number of nitrogens with one attached hydrogen (secondary N) is 2. The van der Waals surface area contributed by atoms with Gasteiger partial charge in [0.1, 0.15) is 11.5 Å². The SMILES string of the molecule is Cc1nn(-c2ccccc2)c2[nH]c(=O)c(CNCCCc3nc4ccccc4n3C)cc12. The smallest absolute Gasteiger partial charge is 0.254 e. The number of fused-ring (bicyclic) bond motifs is 2. The van der Waals surface area contributed by atoms with Crippen LogP contribution in [0.5, 0.6) is 0 Å². The van der Waals surface area contributed by atoms with Gasteiger partial charge in [0.2, 0.25) is 0 Å². The summed E-state index contributed by atoms with van der Waals surface area (Å²) in [5, 5.41) is 9.00. The Morgan fingerprint density at radius 2 is 1.84 bits per heavy atom. The van der Waals surface area contributed by atoms with Crippen molar-refractivity contribution in [1.82, 2.24) is 29.6 Å². The first-order chi connectivity index (χ1) is 15.6. The number of hydrogen-bond acceptors (Lipinski definition) is 4. The highest BCUT2D eigenvalue weighted by Gasteiger charge is 2.13. The molecule has 0 bridgehead atoms. The van der Waals surface area contributed by atoms with Crippen molar-refractivity contribution < 1.29 is 0 Å². The molecule has 0 saturated carbocycles. The van der Waals surface area contributed by atoms with E-state index in [1.54, 1.807) is 4.68 Å². The zero-order chi connectivity index (χ0) is 22.1. The van der Waals surface area contributed by atoms with Gasteiger partial charge in [0, 0.05) is 31.0 Å². The van der Waals surface area contributed by atoms with Crippen LogP contribution in [0.2, 0.25) is 0 Å². The Morgan fingerprint density at radius 3 is 2.66 bits per heavy atom. The maximum Gasteiger partial charge on any atom is 0.254 e. The minimum absolute atomic E-state index is 0.0857. The van der Waals surface area contributed by atoms with Crippen molar-refractivity contribution in [3.8, 4) is 5.69 Å². The van der Waals surface area contributed by atoms with Crippen molar-refractivity contribution in [2.45, 2.75) is 26.3 Å². The molecule has 5 aromatic rings. The number of benzene rings is 2. The lowest BCUT2D eigenvalue weighted by Gasteiger charge is -2.06. The van der Waals surface area contributed by atoms with Crippen molar-refractivity contribution in [3.05, 3.63) is 88.1 Å². The van der Waals surface area contributed by atoms with Crippen LogP contribution in [0.1, 0.15) is 23.5 Å².